The van der Waals surface area contributed by atoms with Crippen LogP contribution in [-0.4, -0.2) is 15.8 Å². The molecule has 0 fully saturated rings. The number of carbonyl (C=O) groups is 1. The van der Waals surface area contributed by atoms with Crippen LogP contribution in [-0.2, 0) is 0 Å². The van der Waals surface area contributed by atoms with Crippen molar-refractivity contribution in [2.45, 2.75) is 0 Å². The van der Waals surface area contributed by atoms with Gasteiger partial charge in [0, 0.05) is 11.1 Å². The van der Waals surface area contributed by atoms with Gasteiger partial charge in [0.15, 0.2) is 5.78 Å². The first-order valence-corrected chi connectivity index (χ1v) is 9.18. The summed E-state index contributed by atoms with van der Waals surface area (Å²) in [5.41, 5.74) is 4.10. The molecule has 138 valence electrons. The molecule has 0 aliphatic rings. The first kappa shape index (κ1) is 18.1. The highest BCUT2D eigenvalue weighted by Gasteiger charge is 2.12. The normalized spacial score (nSPS) is 11.6. The molecule has 0 unspecified atom stereocenters. The van der Waals surface area contributed by atoms with E-state index in [0.29, 0.717) is 28.0 Å². The Morgan fingerprint density at radius 1 is 0.931 bits per heavy atom. The summed E-state index contributed by atoms with van der Waals surface area (Å²) >= 11 is 0. The monoisotopic (exact) mass is 375 g/mol. The van der Waals surface area contributed by atoms with Crippen LogP contribution in [0.5, 0.6) is 0 Å². The highest BCUT2D eigenvalue weighted by molar-refractivity contribution is 6.10. The number of imidazole rings is 1. The van der Waals surface area contributed by atoms with Crippen LogP contribution in [0.15, 0.2) is 91.0 Å². The maximum atomic E-state index is 12.7. The van der Waals surface area contributed by atoms with Crippen molar-refractivity contribution in [2.24, 2.45) is 0 Å². The molecule has 0 bridgehead atoms. The van der Waals surface area contributed by atoms with Gasteiger partial charge in [0.2, 0.25) is 0 Å². The van der Waals surface area contributed by atoms with Crippen LogP contribution in [0.3, 0.4) is 0 Å². The summed E-state index contributed by atoms with van der Waals surface area (Å²) in [5, 5.41) is 9.53. The maximum absolute atomic E-state index is 12.7. The van der Waals surface area contributed by atoms with Crippen LogP contribution in [0, 0.1) is 11.3 Å². The highest BCUT2D eigenvalue weighted by atomic mass is 16.1. The number of nitriles is 1. The fraction of sp³-hybridized carbons (Fsp3) is 0. The van der Waals surface area contributed by atoms with Crippen LogP contribution in [0.4, 0.5) is 0 Å². The van der Waals surface area contributed by atoms with Gasteiger partial charge in [-0.05, 0) is 29.8 Å². The Labute approximate surface area is 168 Å². The zero-order valence-electron chi connectivity index (χ0n) is 15.5. The van der Waals surface area contributed by atoms with E-state index in [4.69, 9.17) is 0 Å². The van der Waals surface area contributed by atoms with E-state index in [1.165, 1.54) is 0 Å². The molecule has 3 aromatic carbocycles. The summed E-state index contributed by atoms with van der Waals surface area (Å²) in [4.78, 5) is 20.3. The number of nitrogens with zero attached hydrogens (tertiary/aromatic N) is 2. The third kappa shape index (κ3) is 4.05. The number of nitrogens with one attached hydrogen (secondary N) is 1. The molecule has 1 N–H and O–H groups in total. The molecule has 0 atom stereocenters. The van der Waals surface area contributed by atoms with Gasteiger partial charge >= 0.3 is 0 Å². The number of hydrogen-bond acceptors (Lipinski definition) is 3. The number of carbonyl (C=O) groups excluding carboxylic acids is 1. The number of benzene rings is 3. The molecule has 0 radical (unpaired) electrons. The van der Waals surface area contributed by atoms with Gasteiger partial charge < -0.3 is 4.98 Å². The van der Waals surface area contributed by atoms with Gasteiger partial charge in [0.1, 0.15) is 11.9 Å². The number of fused-ring (bicyclic) bond motifs is 1. The van der Waals surface area contributed by atoms with Crippen molar-refractivity contribution in [1.29, 1.82) is 5.26 Å². The van der Waals surface area contributed by atoms with Gasteiger partial charge in [0.05, 0.1) is 16.6 Å². The molecule has 4 nitrogen and oxygen atoms in total. The number of ketones is 1. The van der Waals surface area contributed by atoms with E-state index in [1.54, 1.807) is 36.4 Å². The Balaban J connectivity index is 1.63. The first-order valence-electron chi connectivity index (χ1n) is 9.18. The summed E-state index contributed by atoms with van der Waals surface area (Å²) in [7, 11) is 0. The molecule has 29 heavy (non-hydrogen) atoms. The second-order valence-corrected chi connectivity index (χ2v) is 6.47. The van der Waals surface area contributed by atoms with Crippen LogP contribution in [0.1, 0.15) is 27.3 Å². The standard InChI is InChI=1S/C25H17N3O/c26-17-21(13-7-10-18-8-3-1-4-9-18)25-27-22-15-14-20(16-23(22)28-25)24(29)19-11-5-2-6-12-19/h1-16H,(H,27,28)/b10-7+,21-13+. The molecule has 4 aromatic rings. The average Bonchev–Trinajstić information content (AvgIpc) is 3.20. The lowest BCUT2D eigenvalue weighted by molar-refractivity contribution is 0.103. The minimum Gasteiger partial charge on any atom is -0.337 e. The van der Waals surface area contributed by atoms with Gasteiger partial charge in [-0.3, -0.25) is 4.79 Å². The van der Waals surface area contributed by atoms with Gasteiger partial charge in [0.25, 0.3) is 0 Å². The molecule has 0 spiro atoms. The molecule has 0 amide bonds. The molecule has 0 aliphatic heterocycles. The number of hydrogen-bond donors (Lipinski definition) is 1. The topological polar surface area (TPSA) is 69.5 Å². The fourth-order valence-corrected chi connectivity index (χ4v) is 3.02. The van der Waals surface area contributed by atoms with Crippen LogP contribution < -0.4 is 0 Å². The smallest absolute Gasteiger partial charge is 0.193 e. The van der Waals surface area contributed by atoms with E-state index >= 15 is 0 Å². The zero-order valence-corrected chi connectivity index (χ0v) is 15.5. The number of H-pyrrole nitrogens is 1. The molecular formula is C25H17N3O. The molecule has 1 aromatic heterocycles. The van der Waals surface area contributed by atoms with E-state index in [1.807, 2.05) is 60.7 Å². The summed E-state index contributed by atoms with van der Waals surface area (Å²) in [6.07, 6.45) is 5.48. The Kier molecular flexibility index (Phi) is 5.13. The van der Waals surface area contributed by atoms with Crippen molar-refractivity contribution >= 4 is 28.5 Å². The van der Waals surface area contributed by atoms with E-state index in [2.05, 4.69) is 16.0 Å². The van der Waals surface area contributed by atoms with Crippen molar-refractivity contribution in [3.05, 3.63) is 114 Å². The fourth-order valence-electron chi connectivity index (χ4n) is 3.02. The minimum absolute atomic E-state index is 0.0505. The Morgan fingerprint density at radius 2 is 1.66 bits per heavy atom. The Bertz CT molecular complexity index is 1260. The van der Waals surface area contributed by atoms with Crippen LogP contribution >= 0.6 is 0 Å². The Morgan fingerprint density at radius 3 is 2.38 bits per heavy atom. The van der Waals surface area contributed by atoms with E-state index < -0.39 is 0 Å². The summed E-state index contributed by atoms with van der Waals surface area (Å²) in [5.74, 6) is 0.426. The third-order valence-electron chi connectivity index (χ3n) is 4.51. The van der Waals surface area contributed by atoms with Gasteiger partial charge in [-0.15, -0.1) is 0 Å². The van der Waals surface area contributed by atoms with Crippen molar-refractivity contribution in [3.63, 3.8) is 0 Å². The molecular weight excluding hydrogens is 358 g/mol. The lowest BCUT2D eigenvalue weighted by Gasteiger charge is -2.00. The number of aromatic amines is 1. The van der Waals surface area contributed by atoms with Crippen molar-refractivity contribution in [2.75, 3.05) is 0 Å². The van der Waals surface area contributed by atoms with Crippen molar-refractivity contribution in [3.8, 4) is 6.07 Å². The lowest BCUT2D eigenvalue weighted by Crippen LogP contribution is -2.00. The van der Waals surface area contributed by atoms with E-state index in [9.17, 15) is 10.1 Å². The predicted molar refractivity (Wildman–Crippen MR) is 115 cm³/mol. The second kappa shape index (κ2) is 8.20. The molecule has 4 heteroatoms. The molecule has 1 heterocycles. The predicted octanol–water partition coefficient (Wildman–Crippen LogP) is 5.41. The summed E-state index contributed by atoms with van der Waals surface area (Å²) in [6.45, 7) is 0. The SMILES string of the molecule is N#C/C(=C\C=C\c1ccccc1)c1nc2ccc(C(=O)c3ccccc3)cc2[nH]1. The Hall–Kier alpha value is -4.23. The number of aromatic nitrogens is 2. The van der Waals surface area contributed by atoms with Crippen molar-refractivity contribution < 1.29 is 4.79 Å². The first-order chi connectivity index (χ1) is 14.2. The van der Waals surface area contributed by atoms with Gasteiger partial charge in [-0.2, -0.15) is 5.26 Å². The minimum atomic E-state index is -0.0505. The van der Waals surface area contributed by atoms with Gasteiger partial charge in [-0.25, -0.2) is 4.98 Å². The molecule has 0 aliphatic carbocycles. The quantitative estimate of drug-likeness (QED) is 0.288. The van der Waals surface area contributed by atoms with Crippen LogP contribution in [0.25, 0.3) is 22.7 Å². The average molecular weight is 375 g/mol. The zero-order chi connectivity index (χ0) is 20.1. The summed E-state index contributed by atoms with van der Waals surface area (Å²) < 4.78 is 0. The summed E-state index contributed by atoms with van der Waals surface area (Å²) in [6, 6.07) is 26.5. The molecule has 0 saturated carbocycles. The third-order valence-corrected chi connectivity index (χ3v) is 4.51. The van der Waals surface area contributed by atoms with Crippen LogP contribution in [0.2, 0.25) is 0 Å². The van der Waals surface area contributed by atoms with Gasteiger partial charge in [-0.1, -0.05) is 72.8 Å². The highest BCUT2D eigenvalue weighted by Crippen LogP contribution is 2.20. The lowest BCUT2D eigenvalue weighted by atomic mass is 10.0. The maximum Gasteiger partial charge on any atom is 0.193 e. The van der Waals surface area contributed by atoms with E-state index in [0.717, 1.165) is 11.1 Å². The largest absolute Gasteiger partial charge is 0.337 e. The molecule has 4 rings (SSSR count). The second-order valence-electron chi connectivity index (χ2n) is 6.47. The number of rotatable bonds is 5. The van der Waals surface area contributed by atoms with Crippen molar-refractivity contribution in [1.82, 2.24) is 9.97 Å². The van der Waals surface area contributed by atoms with E-state index in [-0.39, 0.29) is 5.78 Å². The number of allylic oxidation sites excluding steroid dienone is 3. The molecule has 0 saturated heterocycles.